The molecular weight excluding hydrogens is 394 g/mol. The number of ether oxygens (including phenoxy) is 1. The van der Waals surface area contributed by atoms with Gasteiger partial charge in [-0.15, -0.1) is 0 Å². The fourth-order valence-corrected chi connectivity index (χ4v) is 3.63. The Morgan fingerprint density at radius 1 is 0.935 bits per heavy atom. The van der Waals surface area contributed by atoms with Gasteiger partial charge in [-0.05, 0) is 87.3 Å². The number of esters is 1. The highest BCUT2D eigenvalue weighted by Crippen LogP contribution is 2.20. The Balaban J connectivity index is 1.44. The van der Waals surface area contributed by atoms with E-state index in [1.165, 1.54) is 12.7 Å². The number of benzene rings is 2. The Morgan fingerprint density at radius 2 is 1.58 bits per heavy atom. The number of aryl methyl sites for hydroxylation is 2. The Labute approximate surface area is 182 Å². The van der Waals surface area contributed by atoms with Crippen LogP contribution in [0.3, 0.4) is 0 Å². The highest BCUT2D eigenvalue weighted by atomic mass is 16.5. The number of carbonyl (C=O) groups is 3. The Hall–Kier alpha value is -3.19. The standard InChI is InChI=1S/C24H29N3O4/c1-16-4-7-21(14-17(16)2)25-22(28)15-27-12-10-18(11-13-27)23(29)26-20-8-5-19(6-9-20)24(30)31-3/h4-9,14,18H,10-13,15H2,1-3H3,(H,25,28)(H,26,29). The van der Waals surface area contributed by atoms with Crippen molar-refractivity contribution in [3.63, 3.8) is 0 Å². The first kappa shape index (κ1) is 22.5. The van der Waals surface area contributed by atoms with E-state index < -0.39 is 5.97 Å². The van der Waals surface area contributed by atoms with Crippen LogP contribution in [0.25, 0.3) is 0 Å². The molecule has 7 nitrogen and oxygen atoms in total. The van der Waals surface area contributed by atoms with Crippen molar-refractivity contribution in [3.05, 3.63) is 59.2 Å². The minimum atomic E-state index is -0.410. The number of hydrogen-bond acceptors (Lipinski definition) is 5. The Kier molecular flexibility index (Phi) is 7.41. The third kappa shape index (κ3) is 6.15. The van der Waals surface area contributed by atoms with Gasteiger partial charge in [0.15, 0.2) is 0 Å². The van der Waals surface area contributed by atoms with E-state index in [0.717, 1.165) is 11.3 Å². The molecule has 2 amide bonds. The van der Waals surface area contributed by atoms with E-state index in [1.807, 2.05) is 32.0 Å². The molecule has 2 aromatic carbocycles. The molecule has 1 aliphatic rings. The minimum absolute atomic E-state index is 0.0370. The summed E-state index contributed by atoms with van der Waals surface area (Å²) in [5.74, 6) is -0.590. The second-order valence-corrected chi connectivity index (χ2v) is 7.96. The average molecular weight is 424 g/mol. The summed E-state index contributed by atoms with van der Waals surface area (Å²) >= 11 is 0. The van der Waals surface area contributed by atoms with Crippen molar-refractivity contribution in [1.29, 1.82) is 0 Å². The maximum Gasteiger partial charge on any atom is 0.337 e. The van der Waals surface area contributed by atoms with Crippen molar-refractivity contribution in [2.24, 2.45) is 5.92 Å². The van der Waals surface area contributed by atoms with Gasteiger partial charge in [0.1, 0.15) is 0 Å². The summed E-state index contributed by atoms with van der Waals surface area (Å²) in [6.07, 6.45) is 1.39. The molecule has 2 aromatic rings. The number of amides is 2. The van der Waals surface area contributed by atoms with Gasteiger partial charge in [0, 0.05) is 17.3 Å². The average Bonchev–Trinajstić information content (AvgIpc) is 2.76. The van der Waals surface area contributed by atoms with Gasteiger partial charge in [-0.1, -0.05) is 6.07 Å². The van der Waals surface area contributed by atoms with Crippen LogP contribution in [0.1, 0.15) is 34.3 Å². The zero-order valence-corrected chi connectivity index (χ0v) is 18.2. The first-order valence-corrected chi connectivity index (χ1v) is 10.4. The summed E-state index contributed by atoms with van der Waals surface area (Å²) in [6.45, 7) is 5.77. The van der Waals surface area contributed by atoms with E-state index >= 15 is 0 Å². The van der Waals surface area contributed by atoms with Crippen molar-refractivity contribution in [1.82, 2.24) is 4.90 Å². The molecule has 0 spiro atoms. The van der Waals surface area contributed by atoms with Gasteiger partial charge >= 0.3 is 5.97 Å². The number of piperidine rings is 1. The highest BCUT2D eigenvalue weighted by molar-refractivity contribution is 5.94. The second-order valence-electron chi connectivity index (χ2n) is 7.96. The maximum absolute atomic E-state index is 12.6. The molecule has 31 heavy (non-hydrogen) atoms. The molecular formula is C24H29N3O4. The number of nitrogens with zero attached hydrogens (tertiary/aromatic N) is 1. The van der Waals surface area contributed by atoms with Crippen molar-refractivity contribution in [3.8, 4) is 0 Å². The summed E-state index contributed by atoms with van der Waals surface area (Å²) in [4.78, 5) is 38.5. The molecule has 0 aliphatic carbocycles. The zero-order chi connectivity index (χ0) is 22.4. The molecule has 0 atom stereocenters. The van der Waals surface area contributed by atoms with Gasteiger partial charge in [0.05, 0.1) is 19.2 Å². The second kappa shape index (κ2) is 10.2. The minimum Gasteiger partial charge on any atom is -0.465 e. The molecule has 0 radical (unpaired) electrons. The highest BCUT2D eigenvalue weighted by Gasteiger charge is 2.26. The molecule has 1 saturated heterocycles. The van der Waals surface area contributed by atoms with Crippen molar-refractivity contribution >= 4 is 29.2 Å². The number of likely N-dealkylation sites (tertiary alicyclic amines) is 1. The van der Waals surface area contributed by atoms with Crippen LogP contribution in [0.15, 0.2) is 42.5 Å². The molecule has 0 aromatic heterocycles. The molecule has 1 aliphatic heterocycles. The lowest BCUT2D eigenvalue weighted by atomic mass is 9.95. The molecule has 7 heteroatoms. The van der Waals surface area contributed by atoms with Crippen LogP contribution in [-0.2, 0) is 14.3 Å². The summed E-state index contributed by atoms with van der Waals surface area (Å²) < 4.78 is 4.67. The van der Waals surface area contributed by atoms with Crippen LogP contribution in [0, 0.1) is 19.8 Å². The van der Waals surface area contributed by atoms with Crippen LogP contribution in [0.2, 0.25) is 0 Å². The SMILES string of the molecule is COC(=O)c1ccc(NC(=O)C2CCN(CC(=O)Nc3ccc(C)c(C)c3)CC2)cc1. The third-order valence-electron chi connectivity index (χ3n) is 5.69. The predicted octanol–water partition coefficient (Wildman–Crippen LogP) is 3.38. The quantitative estimate of drug-likeness (QED) is 0.696. The first-order chi connectivity index (χ1) is 14.9. The number of nitrogens with one attached hydrogen (secondary N) is 2. The molecule has 1 heterocycles. The van der Waals surface area contributed by atoms with Crippen LogP contribution < -0.4 is 10.6 Å². The van der Waals surface area contributed by atoms with Gasteiger partial charge in [0.2, 0.25) is 11.8 Å². The Morgan fingerprint density at radius 3 is 2.19 bits per heavy atom. The molecule has 0 saturated carbocycles. The summed E-state index contributed by atoms with van der Waals surface area (Å²) in [7, 11) is 1.33. The van der Waals surface area contributed by atoms with Gasteiger partial charge in [-0.3, -0.25) is 14.5 Å². The number of rotatable bonds is 6. The van der Waals surface area contributed by atoms with E-state index in [9.17, 15) is 14.4 Å². The van der Waals surface area contributed by atoms with Crippen LogP contribution in [-0.4, -0.2) is 49.4 Å². The van der Waals surface area contributed by atoms with Crippen LogP contribution >= 0.6 is 0 Å². The van der Waals surface area contributed by atoms with E-state index in [0.29, 0.717) is 43.7 Å². The van der Waals surface area contributed by atoms with E-state index in [-0.39, 0.29) is 17.7 Å². The topological polar surface area (TPSA) is 87.7 Å². The zero-order valence-electron chi connectivity index (χ0n) is 18.2. The number of carbonyl (C=O) groups excluding carboxylic acids is 3. The third-order valence-corrected chi connectivity index (χ3v) is 5.69. The van der Waals surface area contributed by atoms with Gasteiger partial charge < -0.3 is 15.4 Å². The fraction of sp³-hybridized carbons (Fsp3) is 0.375. The molecule has 1 fully saturated rings. The van der Waals surface area contributed by atoms with Crippen molar-refractivity contribution in [2.75, 3.05) is 37.4 Å². The maximum atomic E-state index is 12.6. The first-order valence-electron chi connectivity index (χ1n) is 10.4. The lowest BCUT2D eigenvalue weighted by molar-refractivity contribution is -0.121. The van der Waals surface area contributed by atoms with Crippen LogP contribution in [0.5, 0.6) is 0 Å². The summed E-state index contributed by atoms with van der Waals surface area (Å²) in [5.41, 5.74) is 4.23. The monoisotopic (exact) mass is 423 g/mol. The molecule has 3 rings (SSSR count). The van der Waals surface area contributed by atoms with Crippen LogP contribution in [0.4, 0.5) is 11.4 Å². The number of hydrogen-bond donors (Lipinski definition) is 2. The molecule has 0 bridgehead atoms. The summed E-state index contributed by atoms with van der Waals surface area (Å²) in [5, 5.41) is 5.85. The summed E-state index contributed by atoms with van der Waals surface area (Å²) in [6, 6.07) is 12.5. The Bertz CT molecular complexity index is 948. The number of methoxy groups -OCH3 is 1. The smallest absolute Gasteiger partial charge is 0.337 e. The van der Waals surface area contributed by atoms with E-state index in [4.69, 9.17) is 0 Å². The van der Waals surface area contributed by atoms with Crippen molar-refractivity contribution < 1.29 is 19.1 Å². The van der Waals surface area contributed by atoms with Crippen molar-refractivity contribution in [2.45, 2.75) is 26.7 Å². The molecule has 2 N–H and O–H groups in total. The molecule has 164 valence electrons. The lowest BCUT2D eigenvalue weighted by Gasteiger charge is -2.30. The van der Waals surface area contributed by atoms with Gasteiger partial charge in [0.25, 0.3) is 0 Å². The largest absolute Gasteiger partial charge is 0.465 e. The van der Waals surface area contributed by atoms with E-state index in [1.54, 1.807) is 24.3 Å². The predicted molar refractivity (Wildman–Crippen MR) is 120 cm³/mol. The number of anilines is 2. The van der Waals surface area contributed by atoms with Gasteiger partial charge in [-0.25, -0.2) is 4.79 Å². The van der Waals surface area contributed by atoms with E-state index in [2.05, 4.69) is 20.3 Å². The fourth-order valence-electron chi connectivity index (χ4n) is 3.63. The lowest BCUT2D eigenvalue weighted by Crippen LogP contribution is -2.41. The van der Waals surface area contributed by atoms with Gasteiger partial charge in [-0.2, -0.15) is 0 Å². The molecule has 0 unspecified atom stereocenters. The normalized spacial score (nSPS) is 14.7.